The molecule has 0 saturated carbocycles. The van der Waals surface area contributed by atoms with Crippen LogP contribution in [0.5, 0.6) is 0 Å². The van der Waals surface area contributed by atoms with Crippen LogP contribution in [0.25, 0.3) is 11.8 Å². The first kappa shape index (κ1) is 19.9. The van der Waals surface area contributed by atoms with E-state index in [0.29, 0.717) is 26.6 Å². The van der Waals surface area contributed by atoms with Gasteiger partial charge in [-0.3, -0.25) is 10.2 Å². The number of fused-ring (bicyclic) bond motifs is 1. The van der Waals surface area contributed by atoms with E-state index in [1.165, 1.54) is 16.8 Å². The standard InChI is InChI=1S/C20H17Cl2N5OS/c1-2-3-9-16-25-27-18(23)13(19(28)24-20(27)29-16)11-12-6-5-10-26(12)15-8-4-7-14(21)17(15)22/h4-8,10-11,23H,2-3,9H2,1H3/b13-11+,23-18?. The van der Waals surface area contributed by atoms with E-state index in [9.17, 15) is 4.79 Å². The normalized spacial score (nSPS) is 17.6. The summed E-state index contributed by atoms with van der Waals surface area (Å²) < 4.78 is 1.82. The second-order valence-electron chi connectivity index (χ2n) is 6.49. The number of amidine groups is 2. The topological polar surface area (TPSA) is 73.8 Å². The predicted octanol–water partition coefficient (Wildman–Crippen LogP) is 5.59. The lowest BCUT2D eigenvalue weighted by Gasteiger charge is -2.20. The van der Waals surface area contributed by atoms with Crippen LogP contribution in [0.1, 0.15) is 31.9 Å². The summed E-state index contributed by atoms with van der Waals surface area (Å²) in [5.74, 6) is -0.436. The quantitative estimate of drug-likeness (QED) is 0.609. The number of benzene rings is 1. The number of aromatic nitrogens is 1. The summed E-state index contributed by atoms with van der Waals surface area (Å²) in [4.78, 5) is 16.8. The van der Waals surface area contributed by atoms with Crippen LogP contribution in [-0.4, -0.2) is 31.5 Å². The van der Waals surface area contributed by atoms with Gasteiger partial charge in [-0.05, 0) is 54.9 Å². The van der Waals surface area contributed by atoms with E-state index in [1.807, 2.05) is 29.0 Å². The van der Waals surface area contributed by atoms with E-state index in [-0.39, 0.29) is 11.4 Å². The van der Waals surface area contributed by atoms with Crippen molar-refractivity contribution in [3.8, 4) is 5.69 Å². The van der Waals surface area contributed by atoms with Crippen molar-refractivity contribution < 1.29 is 4.79 Å². The molecule has 0 fully saturated rings. The third-order valence-corrected chi connectivity index (χ3v) is 6.28. The number of halogens is 2. The highest BCUT2D eigenvalue weighted by Gasteiger charge is 2.35. The molecular weight excluding hydrogens is 429 g/mol. The summed E-state index contributed by atoms with van der Waals surface area (Å²) in [7, 11) is 0. The van der Waals surface area contributed by atoms with E-state index in [2.05, 4.69) is 17.0 Å². The summed E-state index contributed by atoms with van der Waals surface area (Å²) in [6.07, 6.45) is 6.32. The van der Waals surface area contributed by atoms with Gasteiger partial charge in [-0.1, -0.05) is 42.6 Å². The Kier molecular flexibility index (Phi) is 5.63. The molecule has 4 rings (SSSR count). The van der Waals surface area contributed by atoms with Gasteiger partial charge < -0.3 is 4.57 Å². The Balaban J connectivity index is 1.70. The SMILES string of the molecule is CCCCC1=NN2C(=N)/C(=C\c3cccn3-c3cccc(Cl)c3Cl)C(=O)N=C2S1. The fourth-order valence-electron chi connectivity index (χ4n) is 3.02. The van der Waals surface area contributed by atoms with Crippen molar-refractivity contribution in [3.63, 3.8) is 0 Å². The maximum atomic E-state index is 12.6. The van der Waals surface area contributed by atoms with Gasteiger partial charge in [0.25, 0.3) is 5.91 Å². The van der Waals surface area contributed by atoms with Crippen molar-refractivity contribution in [1.29, 1.82) is 5.41 Å². The van der Waals surface area contributed by atoms with E-state index < -0.39 is 5.91 Å². The molecule has 1 N–H and O–H groups in total. The summed E-state index contributed by atoms with van der Waals surface area (Å²) in [5.41, 5.74) is 1.54. The zero-order valence-electron chi connectivity index (χ0n) is 15.5. The molecule has 29 heavy (non-hydrogen) atoms. The van der Waals surface area contributed by atoms with Crippen LogP contribution in [0.15, 0.2) is 52.2 Å². The van der Waals surface area contributed by atoms with Crippen LogP contribution in [0.4, 0.5) is 0 Å². The minimum Gasteiger partial charge on any atom is -0.316 e. The molecule has 9 heteroatoms. The third-order valence-electron chi connectivity index (χ3n) is 4.50. The van der Waals surface area contributed by atoms with Crippen LogP contribution in [0.3, 0.4) is 0 Å². The van der Waals surface area contributed by atoms with Gasteiger partial charge in [0.1, 0.15) is 5.04 Å². The third kappa shape index (κ3) is 3.77. The van der Waals surface area contributed by atoms with Crippen molar-refractivity contribution in [1.82, 2.24) is 9.58 Å². The number of nitrogens with zero attached hydrogens (tertiary/aromatic N) is 4. The zero-order chi connectivity index (χ0) is 20.5. The summed E-state index contributed by atoms with van der Waals surface area (Å²) in [6.45, 7) is 2.11. The largest absolute Gasteiger partial charge is 0.316 e. The second kappa shape index (κ2) is 8.18. The molecule has 1 amide bonds. The first-order valence-electron chi connectivity index (χ1n) is 9.10. The van der Waals surface area contributed by atoms with Gasteiger partial charge in [0.05, 0.1) is 21.3 Å². The molecule has 0 bridgehead atoms. The van der Waals surface area contributed by atoms with Crippen molar-refractivity contribution in [3.05, 3.63) is 57.8 Å². The van der Waals surface area contributed by atoms with Gasteiger partial charge in [-0.25, -0.2) is 0 Å². The van der Waals surface area contributed by atoms with Crippen LogP contribution in [0, 0.1) is 5.41 Å². The van der Waals surface area contributed by atoms with Gasteiger partial charge in [-0.15, -0.1) is 0 Å². The predicted molar refractivity (Wildman–Crippen MR) is 120 cm³/mol. The van der Waals surface area contributed by atoms with E-state index in [4.69, 9.17) is 28.6 Å². The molecule has 1 aromatic carbocycles. The van der Waals surface area contributed by atoms with Crippen LogP contribution < -0.4 is 0 Å². The first-order valence-corrected chi connectivity index (χ1v) is 10.7. The average Bonchev–Trinajstić information content (AvgIpc) is 3.32. The summed E-state index contributed by atoms with van der Waals surface area (Å²) >= 11 is 13.9. The molecule has 148 valence electrons. The average molecular weight is 446 g/mol. The van der Waals surface area contributed by atoms with E-state index in [0.717, 1.165) is 24.3 Å². The maximum absolute atomic E-state index is 12.6. The lowest BCUT2D eigenvalue weighted by molar-refractivity contribution is -0.114. The highest BCUT2D eigenvalue weighted by molar-refractivity contribution is 8.26. The van der Waals surface area contributed by atoms with Crippen molar-refractivity contribution in [2.45, 2.75) is 26.2 Å². The van der Waals surface area contributed by atoms with E-state index >= 15 is 0 Å². The summed E-state index contributed by atoms with van der Waals surface area (Å²) in [5, 5.41) is 16.6. The molecule has 0 aliphatic carbocycles. The molecule has 0 unspecified atom stereocenters. The van der Waals surface area contributed by atoms with Crippen molar-refractivity contribution >= 4 is 63.0 Å². The number of unbranched alkanes of at least 4 members (excludes halogenated alkanes) is 1. The minimum absolute atomic E-state index is 0.0175. The number of thioether (sulfide) groups is 1. The highest BCUT2D eigenvalue weighted by Crippen LogP contribution is 2.32. The number of hydrazone groups is 1. The molecule has 2 aromatic rings. The van der Waals surface area contributed by atoms with E-state index in [1.54, 1.807) is 18.2 Å². The van der Waals surface area contributed by atoms with Gasteiger partial charge in [-0.2, -0.15) is 15.1 Å². The number of rotatable bonds is 5. The van der Waals surface area contributed by atoms with Crippen LogP contribution >= 0.6 is 35.0 Å². The molecule has 1 aromatic heterocycles. The number of nitrogens with one attached hydrogen (secondary N) is 1. The number of aliphatic imine (C=N–C) groups is 1. The fourth-order valence-corrected chi connectivity index (χ4v) is 4.33. The smallest absolute Gasteiger partial charge is 0.283 e. The highest BCUT2D eigenvalue weighted by atomic mass is 35.5. The Labute approximate surface area is 182 Å². The molecule has 0 saturated heterocycles. The molecular formula is C20H17Cl2N5OS. The maximum Gasteiger partial charge on any atom is 0.283 e. The molecule has 6 nitrogen and oxygen atoms in total. The Morgan fingerprint density at radius 2 is 2.07 bits per heavy atom. The molecule has 2 aliphatic rings. The van der Waals surface area contributed by atoms with Gasteiger partial charge in [0.15, 0.2) is 5.84 Å². The molecule has 0 radical (unpaired) electrons. The number of hydrogen-bond donors (Lipinski definition) is 1. The lowest BCUT2D eigenvalue weighted by Crippen LogP contribution is -2.35. The number of hydrogen-bond acceptors (Lipinski definition) is 4. The summed E-state index contributed by atoms with van der Waals surface area (Å²) in [6, 6.07) is 9.02. The Morgan fingerprint density at radius 1 is 1.24 bits per heavy atom. The fraction of sp³-hybridized carbons (Fsp3) is 0.200. The van der Waals surface area contributed by atoms with Crippen molar-refractivity contribution in [2.75, 3.05) is 0 Å². The number of carbonyl (C=O) groups excluding carboxylic acids is 1. The Hall–Kier alpha value is -2.35. The van der Waals surface area contributed by atoms with Gasteiger partial charge >= 0.3 is 0 Å². The molecule has 0 spiro atoms. The lowest BCUT2D eigenvalue weighted by atomic mass is 10.1. The van der Waals surface area contributed by atoms with Gasteiger partial charge in [0.2, 0.25) is 5.17 Å². The van der Waals surface area contributed by atoms with Gasteiger partial charge in [0, 0.05) is 11.9 Å². The Morgan fingerprint density at radius 3 is 2.86 bits per heavy atom. The molecule has 2 aliphatic heterocycles. The first-order chi connectivity index (χ1) is 14.0. The Bertz CT molecular complexity index is 1100. The van der Waals surface area contributed by atoms with Crippen LogP contribution in [0.2, 0.25) is 10.0 Å². The van der Waals surface area contributed by atoms with Crippen molar-refractivity contribution in [2.24, 2.45) is 10.1 Å². The number of carbonyl (C=O) groups is 1. The second-order valence-corrected chi connectivity index (χ2v) is 8.32. The monoisotopic (exact) mass is 445 g/mol. The molecule has 3 heterocycles. The molecule has 0 atom stereocenters. The number of amides is 1. The zero-order valence-corrected chi connectivity index (χ0v) is 17.9. The minimum atomic E-state index is -0.453. The van der Waals surface area contributed by atoms with Crippen LogP contribution in [-0.2, 0) is 4.79 Å².